The molecule has 1 unspecified atom stereocenters. The average Bonchev–Trinajstić information content (AvgIpc) is 3.25. The van der Waals surface area contributed by atoms with Gasteiger partial charge in [-0.05, 0) is 37.6 Å². The Morgan fingerprint density at radius 2 is 2.00 bits per heavy atom. The molecule has 8 nitrogen and oxygen atoms in total. The van der Waals surface area contributed by atoms with Crippen molar-refractivity contribution >= 4 is 23.3 Å². The van der Waals surface area contributed by atoms with Gasteiger partial charge in [0.2, 0.25) is 0 Å². The van der Waals surface area contributed by atoms with Crippen molar-refractivity contribution in [3.8, 4) is 0 Å². The van der Waals surface area contributed by atoms with E-state index in [4.69, 9.17) is 4.74 Å². The number of nitrogens with zero attached hydrogens (tertiary/aromatic N) is 5. The zero-order valence-corrected chi connectivity index (χ0v) is 14.7. The van der Waals surface area contributed by atoms with Gasteiger partial charge < -0.3 is 14.4 Å². The van der Waals surface area contributed by atoms with E-state index in [1.807, 2.05) is 28.9 Å². The van der Waals surface area contributed by atoms with Gasteiger partial charge in [0, 0.05) is 24.3 Å². The summed E-state index contributed by atoms with van der Waals surface area (Å²) in [5.74, 6) is 1.07. The van der Waals surface area contributed by atoms with Crippen molar-refractivity contribution in [1.29, 1.82) is 0 Å². The number of carbonyl (C=O) groups excluding carboxylic acids is 2. The second-order valence-electron chi connectivity index (χ2n) is 6.69. The van der Waals surface area contributed by atoms with Gasteiger partial charge >= 0.3 is 6.09 Å². The Morgan fingerprint density at radius 1 is 1.23 bits per heavy atom. The number of hydrogen-bond acceptors (Lipinski definition) is 6. The Bertz CT molecular complexity index is 816. The lowest BCUT2D eigenvalue weighted by atomic mass is 10.1. The Morgan fingerprint density at radius 3 is 2.77 bits per heavy atom. The van der Waals surface area contributed by atoms with E-state index >= 15 is 0 Å². The molecule has 0 bridgehead atoms. The molecular formula is C18H21N5O3. The maximum atomic E-state index is 12.1. The molecular weight excluding hydrogens is 334 g/mol. The predicted molar refractivity (Wildman–Crippen MR) is 95.0 cm³/mol. The van der Waals surface area contributed by atoms with Crippen molar-refractivity contribution in [1.82, 2.24) is 14.8 Å². The zero-order valence-electron chi connectivity index (χ0n) is 14.7. The van der Waals surface area contributed by atoms with Crippen LogP contribution in [0, 0.1) is 0 Å². The fourth-order valence-electron chi connectivity index (χ4n) is 3.37. The molecule has 1 amide bonds. The standard InChI is InChI=1S/C18H21N5O3/c1-13(24)2-7-16-10-22(18(25)26-16)15-5-3-14(4-6-15)21-8-9-23-17(11-21)19-12-20-23/h3-6,12,16H,2,7-11H2,1H3. The van der Waals surface area contributed by atoms with Crippen molar-refractivity contribution in [3.05, 3.63) is 36.4 Å². The van der Waals surface area contributed by atoms with E-state index in [0.717, 1.165) is 36.8 Å². The molecule has 2 aromatic rings. The van der Waals surface area contributed by atoms with E-state index < -0.39 is 0 Å². The number of ketones is 1. The third kappa shape index (κ3) is 3.26. The van der Waals surface area contributed by atoms with E-state index in [1.165, 1.54) is 0 Å². The highest BCUT2D eigenvalue weighted by Crippen LogP contribution is 2.27. The summed E-state index contributed by atoms with van der Waals surface area (Å²) in [5.41, 5.74) is 1.90. The molecule has 4 rings (SSSR count). The molecule has 1 aromatic carbocycles. The van der Waals surface area contributed by atoms with Crippen molar-refractivity contribution < 1.29 is 14.3 Å². The van der Waals surface area contributed by atoms with Gasteiger partial charge in [0.25, 0.3) is 0 Å². The fraction of sp³-hybridized carbons (Fsp3) is 0.444. The molecule has 1 fully saturated rings. The van der Waals surface area contributed by atoms with Crippen molar-refractivity contribution in [2.45, 2.75) is 39.0 Å². The first kappa shape index (κ1) is 16.6. The first-order chi connectivity index (χ1) is 12.6. The lowest BCUT2D eigenvalue weighted by molar-refractivity contribution is -0.117. The second-order valence-corrected chi connectivity index (χ2v) is 6.69. The summed E-state index contributed by atoms with van der Waals surface area (Å²) in [5, 5.41) is 4.19. The quantitative estimate of drug-likeness (QED) is 0.816. The van der Waals surface area contributed by atoms with Crippen LogP contribution in [0.25, 0.3) is 0 Å². The minimum absolute atomic E-state index is 0.112. The van der Waals surface area contributed by atoms with Gasteiger partial charge in [0.15, 0.2) is 0 Å². The summed E-state index contributed by atoms with van der Waals surface area (Å²) in [6.07, 6.45) is 2.02. The Hall–Kier alpha value is -2.90. The van der Waals surface area contributed by atoms with E-state index in [9.17, 15) is 9.59 Å². The highest BCUT2D eigenvalue weighted by atomic mass is 16.6. The molecule has 1 aromatic heterocycles. The van der Waals surface area contributed by atoms with Crippen LogP contribution in [0.4, 0.5) is 16.2 Å². The van der Waals surface area contributed by atoms with E-state index in [0.29, 0.717) is 19.4 Å². The third-order valence-electron chi connectivity index (χ3n) is 4.83. The molecule has 0 saturated carbocycles. The monoisotopic (exact) mass is 355 g/mol. The first-order valence-corrected chi connectivity index (χ1v) is 8.79. The Labute approximate surface area is 151 Å². The summed E-state index contributed by atoms with van der Waals surface area (Å²) < 4.78 is 7.28. The average molecular weight is 355 g/mol. The molecule has 136 valence electrons. The smallest absolute Gasteiger partial charge is 0.414 e. The van der Waals surface area contributed by atoms with Crippen LogP contribution in [0.2, 0.25) is 0 Å². The van der Waals surface area contributed by atoms with Gasteiger partial charge in [-0.15, -0.1) is 0 Å². The number of Topliss-reactive ketones (excluding diaryl/α,β-unsaturated/α-hetero) is 1. The molecule has 0 N–H and O–H groups in total. The number of rotatable bonds is 5. The van der Waals surface area contributed by atoms with Gasteiger partial charge in [0.1, 0.15) is 24.0 Å². The first-order valence-electron chi connectivity index (χ1n) is 8.79. The highest BCUT2D eigenvalue weighted by molar-refractivity contribution is 5.90. The third-order valence-corrected chi connectivity index (χ3v) is 4.83. The number of hydrogen-bond donors (Lipinski definition) is 0. The lowest BCUT2D eigenvalue weighted by Crippen LogP contribution is -2.34. The molecule has 0 spiro atoms. The Balaban J connectivity index is 1.42. The number of carbonyl (C=O) groups is 2. The molecule has 1 saturated heterocycles. The maximum Gasteiger partial charge on any atom is 0.414 e. The van der Waals surface area contributed by atoms with Crippen molar-refractivity contribution in [2.75, 3.05) is 22.9 Å². The zero-order chi connectivity index (χ0) is 18.1. The summed E-state index contributed by atoms with van der Waals surface area (Å²) in [6, 6.07) is 7.89. The van der Waals surface area contributed by atoms with Gasteiger partial charge in [-0.2, -0.15) is 5.10 Å². The van der Waals surface area contributed by atoms with Gasteiger partial charge in [-0.3, -0.25) is 4.90 Å². The van der Waals surface area contributed by atoms with Crippen LogP contribution in [-0.2, 0) is 22.6 Å². The van der Waals surface area contributed by atoms with Crippen molar-refractivity contribution in [3.63, 3.8) is 0 Å². The predicted octanol–water partition coefficient (Wildman–Crippen LogP) is 1.99. The van der Waals surface area contributed by atoms with Crippen molar-refractivity contribution in [2.24, 2.45) is 0 Å². The van der Waals surface area contributed by atoms with Crippen LogP contribution in [0.5, 0.6) is 0 Å². The normalized spacial score (nSPS) is 19.4. The van der Waals surface area contributed by atoms with Gasteiger partial charge in [-0.1, -0.05) is 0 Å². The molecule has 0 aliphatic carbocycles. The number of benzene rings is 1. The number of fused-ring (bicyclic) bond motifs is 1. The van der Waals surface area contributed by atoms with E-state index in [-0.39, 0.29) is 18.0 Å². The lowest BCUT2D eigenvalue weighted by Gasteiger charge is -2.29. The molecule has 8 heteroatoms. The maximum absolute atomic E-state index is 12.1. The second kappa shape index (κ2) is 6.78. The molecule has 3 heterocycles. The number of anilines is 2. The summed E-state index contributed by atoms with van der Waals surface area (Å²) in [6.45, 7) is 4.44. The minimum atomic E-state index is -0.350. The van der Waals surface area contributed by atoms with Gasteiger partial charge in [0.05, 0.1) is 19.6 Å². The Kier molecular flexibility index (Phi) is 4.32. The largest absolute Gasteiger partial charge is 0.444 e. The summed E-state index contributed by atoms with van der Waals surface area (Å²) >= 11 is 0. The minimum Gasteiger partial charge on any atom is -0.444 e. The van der Waals surface area contributed by atoms with Crippen LogP contribution in [0.15, 0.2) is 30.6 Å². The number of amides is 1. The number of cyclic esters (lactones) is 1. The molecule has 0 radical (unpaired) electrons. The number of ether oxygens (including phenoxy) is 1. The highest BCUT2D eigenvalue weighted by Gasteiger charge is 2.32. The molecule has 2 aliphatic rings. The van der Waals surface area contributed by atoms with Crippen LogP contribution in [0.3, 0.4) is 0 Å². The fourth-order valence-corrected chi connectivity index (χ4v) is 3.37. The SMILES string of the molecule is CC(=O)CCC1CN(c2ccc(N3CCn4ncnc4C3)cc2)C(=O)O1. The van der Waals surface area contributed by atoms with Gasteiger partial charge in [-0.25, -0.2) is 14.5 Å². The van der Waals surface area contributed by atoms with Crippen LogP contribution in [-0.4, -0.2) is 45.8 Å². The van der Waals surface area contributed by atoms with Crippen LogP contribution < -0.4 is 9.80 Å². The van der Waals surface area contributed by atoms with E-state index in [1.54, 1.807) is 18.2 Å². The summed E-state index contributed by atoms with van der Waals surface area (Å²) in [7, 11) is 0. The molecule has 26 heavy (non-hydrogen) atoms. The molecule has 2 aliphatic heterocycles. The summed E-state index contributed by atoms with van der Waals surface area (Å²) in [4.78, 5) is 31.4. The topological polar surface area (TPSA) is 80.6 Å². The molecule has 1 atom stereocenters. The van der Waals surface area contributed by atoms with Crippen LogP contribution in [0.1, 0.15) is 25.6 Å². The number of aromatic nitrogens is 3. The van der Waals surface area contributed by atoms with E-state index in [2.05, 4.69) is 15.0 Å². The van der Waals surface area contributed by atoms with Crippen LogP contribution >= 0.6 is 0 Å².